The van der Waals surface area contributed by atoms with Crippen LogP contribution < -0.4 is 0 Å². The first kappa shape index (κ1) is 16.5. The van der Waals surface area contributed by atoms with E-state index in [0.29, 0.717) is 42.0 Å². The fourth-order valence-electron chi connectivity index (χ4n) is 2.52. The van der Waals surface area contributed by atoms with Crippen molar-refractivity contribution in [2.45, 2.75) is 0 Å². The van der Waals surface area contributed by atoms with Gasteiger partial charge in [-0.25, -0.2) is 0 Å². The van der Waals surface area contributed by atoms with Gasteiger partial charge in [0.05, 0.1) is 11.1 Å². The standard InChI is InChI=1S/C16H14BrIN2O3/c17-14-9-11(10-23-14)15(21)19-5-7-20(8-6-19)16(22)12-3-1-2-4-13(12)18/h1-4,9-10H,5-8H2. The Kier molecular flexibility index (Phi) is 5.05. The molecule has 3 rings (SSSR count). The summed E-state index contributed by atoms with van der Waals surface area (Å²) >= 11 is 5.36. The average Bonchev–Trinajstić information content (AvgIpc) is 3.01. The first-order chi connectivity index (χ1) is 11.1. The molecule has 1 aliphatic heterocycles. The van der Waals surface area contributed by atoms with Crippen LogP contribution in [-0.2, 0) is 0 Å². The van der Waals surface area contributed by atoms with Crippen LogP contribution in [0.15, 0.2) is 45.7 Å². The fourth-order valence-corrected chi connectivity index (χ4v) is 3.48. The van der Waals surface area contributed by atoms with Crippen LogP contribution in [0.25, 0.3) is 0 Å². The molecule has 2 amide bonds. The Morgan fingerprint density at radius 1 is 1.04 bits per heavy atom. The molecule has 0 spiro atoms. The number of halogens is 2. The van der Waals surface area contributed by atoms with E-state index in [4.69, 9.17) is 4.42 Å². The maximum atomic E-state index is 12.6. The van der Waals surface area contributed by atoms with Crippen LogP contribution in [0.5, 0.6) is 0 Å². The molecule has 7 heteroatoms. The highest BCUT2D eigenvalue weighted by Gasteiger charge is 2.26. The van der Waals surface area contributed by atoms with Crippen LogP contribution in [0.3, 0.4) is 0 Å². The molecule has 0 saturated carbocycles. The summed E-state index contributed by atoms with van der Waals surface area (Å²) < 4.78 is 6.59. The number of carbonyl (C=O) groups excluding carboxylic acids is 2. The van der Waals surface area contributed by atoms with Crippen LogP contribution in [0.1, 0.15) is 20.7 Å². The third kappa shape index (κ3) is 3.60. The minimum absolute atomic E-state index is 0.0214. The number of hydrogen-bond donors (Lipinski definition) is 0. The monoisotopic (exact) mass is 488 g/mol. The highest BCUT2D eigenvalue weighted by molar-refractivity contribution is 14.1. The molecule has 0 N–H and O–H groups in total. The van der Waals surface area contributed by atoms with E-state index in [-0.39, 0.29) is 11.8 Å². The molecule has 1 aromatic heterocycles. The molecule has 0 aliphatic carbocycles. The lowest BCUT2D eigenvalue weighted by Gasteiger charge is -2.34. The number of amides is 2. The van der Waals surface area contributed by atoms with Crippen molar-refractivity contribution in [2.24, 2.45) is 0 Å². The van der Waals surface area contributed by atoms with Gasteiger partial charge in [-0.05, 0) is 50.7 Å². The Bertz CT molecular complexity index is 738. The summed E-state index contributed by atoms with van der Waals surface area (Å²) in [5.41, 5.74) is 1.24. The normalized spacial score (nSPS) is 14.9. The van der Waals surface area contributed by atoms with Gasteiger partial charge in [-0.1, -0.05) is 12.1 Å². The lowest BCUT2D eigenvalue weighted by molar-refractivity contribution is 0.0534. The first-order valence-corrected chi connectivity index (χ1v) is 9.00. The van der Waals surface area contributed by atoms with E-state index < -0.39 is 0 Å². The van der Waals surface area contributed by atoms with Gasteiger partial charge in [0.25, 0.3) is 11.8 Å². The van der Waals surface area contributed by atoms with E-state index >= 15 is 0 Å². The molecular formula is C16H14BrIN2O3. The topological polar surface area (TPSA) is 53.8 Å². The van der Waals surface area contributed by atoms with E-state index in [2.05, 4.69) is 38.5 Å². The zero-order chi connectivity index (χ0) is 16.4. The summed E-state index contributed by atoms with van der Waals surface area (Å²) in [6.07, 6.45) is 1.44. The molecule has 0 atom stereocenters. The summed E-state index contributed by atoms with van der Waals surface area (Å²) in [5, 5.41) is 0. The predicted molar refractivity (Wildman–Crippen MR) is 97.4 cm³/mol. The van der Waals surface area contributed by atoms with Crippen LogP contribution in [0, 0.1) is 3.57 Å². The van der Waals surface area contributed by atoms with Gasteiger partial charge in [0.1, 0.15) is 6.26 Å². The Hall–Kier alpha value is -1.35. The summed E-state index contributed by atoms with van der Waals surface area (Å²) in [6, 6.07) is 9.20. The zero-order valence-electron chi connectivity index (χ0n) is 12.2. The quantitative estimate of drug-likeness (QED) is 0.610. The van der Waals surface area contributed by atoms with Crippen molar-refractivity contribution in [3.8, 4) is 0 Å². The summed E-state index contributed by atoms with van der Waals surface area (Å²) in [5.74, 6) is -0.0472. The van der Waals surface area contributed by atoms with Gasteiger partial charge in [-0.3, -0.25) is 9.59 Å². The maximum absolute atomic E-state index is 12.6. The average molecular weight is 489 g/mol. The number of carbonyl (C=O) groups is 2. The van der Waals surface area contributed by atoms with Crippen molar-refractivity contribution >= 4 is 50.3 Å². The van der Waals surface area contributed by atoms with E-state index in [9.17, 15) is 9.59 Å². The van der Waals surface area contributed by atoms with Gasteiger partial charge in [-0.2, -0.15) is 0 Å². The molecule has 23 heavy (non-hydrogen) atoms. The smallest absolute Gasteiger partial charge is 0.257 e. The fraction of sp³-hybridized carbons (Fsp3) is 0.250. The van der Waals surface area contributed by atoms with Crippen molar-refractivity contribution in [3.63, 3.8) is 0 Å². The van der Waals surface area contributed by atoms with Gasteiger partial charge in [0, 0.05) is 35.8 Å². The molecule has 5 nitrogen and oxygen atoms in total. The molecule has 1 aliphatic rings. The van der Waals surface area contributed by atoms with Crippen LogP contribution in [0.4, 0.5) is 0 Å². The third-order valence-corrected chi connectivity index (χ3v) is 5.13. The van der Waals surface area contributed by atoms with Gasteiger partial charge < -0.3 is 14.2 Å². The van der Waals surface area contributed by atoms with Gasteiger partial charge in [0.2, 0.25) is 0 Å². The molecule has 0 unspecified atom stereocenters. The van der Waals surface area contributed by atoms with E-state index in [1.165, 1.54) is 6.26 Å². The third-order valence-electron chi connectivity index (χ3n) is 3.77. The number of furan rings is 1. The number of rotatable bonds is 2. The van der Waals surface area contributed by atoms with E-state index in [0.717, 1.165) is 3.57 Å². The van der Waals surface area contributed by atoms with E-state index in [1.807, 2.05) is 24.3 Å². The van der Waals surface area contributed by atoms with Crippen molar-refractivity contribution in [2.75, 3.05) is 26.2 Å². The minimum Gasteiger partial charge on any atom is -0.457 e. The molecule has 0 bridgehead atoms. The Balaban J connectivity index is 1.63. The maximum Gasteiger partial charge on any atom is 0.257 e. The lowest BCUT2D eigenvalue weighted by atomic mass is 10.1. The molecule has 1 aromatic carbocycles. The van der Waals surface area contributed by atoms with Crippen molar-refractivity contribution in [1.29, 1.82) is 0 Å². The van der Waals surface area contributed by atoms with Crippen LogP contribution in [0.2, 0.25) is 0 Å². The summed E-state index contributed by atoms with van der Waals surface area (Å²) in [6.45, 7) is 2.12. The minimum atomic E-state index is -0.0687. The van der Waals surface area contributed by atoms with Gasteiger partial charge in [0.15, 0.2) is 4.67 Å². The summed E-state index contributed by atoms with van der Waals surface area (Å²) in [7, 11) is 0. The molecule has 120 valence electrons. The zero-order valence-corrected chi connectivity index (χ0v) is 15.9. The number of benzene rings is 1. The van der Waals surface area contributed by atoms with E-state index in [1.54, 1.807) is 15.9 Å². The van der Waals surface area contributed by atoms with Gasteiger partial charge >= 0.3 is 0 Å². The number of hydrogen-bond acceptors (Lipinski definition) is 3. The molecule has 2 aromatic rings. The largest absolute Gasteiger partial charge is 0.457 e. The van der Waals surface area contributed by atoms with Crippen molar-refractivity contribution in [1.82, 2.24) is 9.80 Å². The predicted octanol–water partition coefficient (Wildman–Crippen LogP) is 3.24. The van der Waals surface area contributed by atoms with Crippen molar-refractivity contribution < 1.29 is 14.0 Å². The molecule has 1 saturated heterocycles. The summed E-state index contributed by atoms with van der Waals surface area (Å²) in [4.78, 5) is 28.5. The van der Waals surface area contributed by atoms with Crippen LogP contribution >= 0.6 is 38.5 Å². The highest BCUT2D eigenvalue weighted by atomic mass is 127. The lowest BCUT2D eigenvalue weighted by Crippen LogP contribution is -2.50. The van der Waals surface area contributed by atoms with Gasteiger partial charge in [-0.15, -0.1) is 0 Å². The Labute approximate surface area is 155 Å². The second kappa shape index (κ2) is 7.04. The van der Waals surface area contributed by atoms with Crippen LogP contribution in [-0.4, -0.2) is 47.8 Å². The molecule has 1 fully saturated rings. The first-order valence-electron chi connectivity index (χ1n) is 7.13. The SMILES string of the molecule is O=C(c1coc(Br)c1)N1CCN(C(=O)c2ccccc2I)CC1. The van der Waals surface area contributed by atoms with Crippen molar-refractivity contribution in [3.05, 3.63) is 56.0 Å². The number of nitrogens with zero attached hydrogens (tertiary/aromatic N) is 2. The number of piperazine rings is 1. The molecular weight excluding hydrogens is 475 g/mol. The Morgan fingerprint density at radius 3 is 2.22 bits per heavy atom. The Morgan fingerprint density at radius 2 is 1.65 bits per heavy atom. The molecule has 2 heterocycles. The second-order valence-corrected chi connectivity index (χ2v) is 7.15. The second-order valence-electron chi connectivity index (χ2n) is 5.20. The molecule has 0 radical (unpaired) electrons. The highest BCUT2D eigenvalue weighted by Crippen LogP contribution is 2.18.